The van der Waals surface area contributed by atoms with Crippen LogP contribution in [0, 0.1) is 0 Å². The molecule has 3 amide bonds. The van der Waals surface area contributed by atoms with Gasteiger partial charge in [-0.1, -0.05) is 0 Å². The molecule has 118 valence electrons. The zero-order valence-electron chi connectivity index (χ0n) is 12.5. The van der Waals surface area contributed by atoms with Gasteiger partial charge in [0, 0.05) is 5.56 Å². The van der Waals surface area contributed by atoms with Gasteiger partial charge in [-0.3, -0.25) is 4.79 Å². The van der Waals surface area contributed by atoms with Gasteiger partial charge in [0.2, 0.25) is 5.91 Å². The Hall–Kier alpha value is -3.48. The molecule has 0 saturated carbocycles. The number of furan rings is 1. The number of benzene rings is 1. The number of carbonyl (C=O) groups is 2. The number of nitrogens with one attached hydrogen (secondary N) is 1. The molecule has 7 heteroatoms. The van der Waals surface area contributed by atoms with Crippen LogP contribution in [0.2, 0.25) is 0 Å². The van der Waals surface area contributed by atoms with Crippen LogP contribution in [0.3, 0.4) is 0 Å². The van der Waals surface area contributed by atoms with E-state index in [1.807, 2.05) is 18.2 Å². The maximum atomic E-state index is 12.4. The maximum absolute atomic E-state index is 12.4. The molecular weight excluding hydrogens is 308 g/mol. The van der Waals surface area contributed by atoms with E-state index >= 15 is 0 Å². The van der Waals surface area contributed by atoms with Gasteiger partial charge in [-0.2, -0.15) is 0 Å². The number of urea groups is 1. The number of carbonyl (C=O) groups excluding carboxylic acids is 2. The van der Waals surface area contributed by atoms with E-state index < -0.39 is 6.03 Å². The number of rotatable bonds is 2. The molecule has 3 heterocycles. The first-order valence-electron chi connectivity index (χ1n) is 7.28. The Morgan fingerprint density at radius 1 is 1.21 bits per heavy atom. The Kier molecular flexibility index (Phi) is 3.31. The summed E-state index contributed by atoms with van der Waals surface area (Å²) in [4.78, 5) is 33.5. The Balaban J connectivity index is 1.63. The van der Waals surface area contributed by atoms with E-state index in [2.05, 4.69) is 15.3 Å². The number of imide groups is 1. The number of amides is 3. The highest BCUT2D eigenvalue weighted by Crippen LogP contribution is 2.33. The molecule has 7 nitrogen and oxygen atoms in total. The molecule has 0 atom stereocenters. The van der Waals surface area contributed by atoms with Crippen molar-refractivity contribution >= 4 is 23.3 Å². The zero-order chi connectivity index (χ0) is 16.5. The van der Waals surface area contributed by atoms with Crippen molar-refractivity contribution in [3.8, 4) is 11.3 Å². The molecule has 1 aliphatic heterocycles. The smallest absolute Gasteiger partial charge is 0.333 e. The summed E-state index contributed by atoms with van der Waals surface area (Å²) in [6, 6.07) is 8.55. The van der Waals surface area contributed by atoms with E-state index in [9.17, 15) is 9.59 Å². The summed E-state index contributed by atoms with van der Waals surface area (Å²) in [6.07, 6.45) is 6.05. The normalized spacial score (nSPS) is 13.0. The van der Waals surface area contributed by atoms with Gasteiger partial charge in [-0.25, -0.2) is 19.7 Å². The SMILES string of the molecule is O=C1Cc2cc(-c3ccco3)ccc2N1C(=O)Nc1cncnc1. The number of fused-ring (bicyclic) bond motifs is 1. The molecule has 1 N–H and O–H groups in total. The van der Waals surface area contributed by atoms with Gasteiger partial charge in [0.1, 0.15) is 12.1 Å². The molecule has 2 aromatic heterocycles. The van der Waals surface area contributed by atoms with Crippen LogP contribution in [0.15, 0.2) is 59.7 Å². The second kappa shape index (κ2) is 5.62. The Morgan fingerprint density at radius 3 is 2.79 bits per heavy atom. The second-order valence-corrected chi connectivity index (χ2v) is 5.28. The van der Waals surface area contributed by atoms with Crippen molar-refractivity contribution in [2.45, 2.75) is 6.42 Å². The van der Waals surface area contributed by atoms with E-state index in [1.165, 1.54) is 18.7 Å². The minimum Gasteiger partial charge on any atom is -0.464 e. The summed E-state index contributed by atoms with van der Waals surface area (Å²) >= 11 is 0. The monoisotopic (exact) mass is 320 g/mol. The Labute approximate surface area is 137 Å². The Morgan fingerprint density at radius 2 is 2.04 bits per heavy atom. The molecule has 0 aliphatic carbocycles. The lowest BCUT2D eigenvalue weighted by Crippen LogP contribution is -2.37. The lowest BCUT2D eigenvalue weighted by Gasteiger charge is -2.16. The van der Waals surface area contributed by atoms with Crippen LogP contribution in [0.25, 0.3) is 11.3 Å². The highest BCUT2D eigenvalue weighted by atomic mass is 16.3. The van der Waals surface area contributed by atoms with Gasteiger partial charge >= 0.3 is 6.03 Å². The number of nitrogens with zero attached hydrogens (tertiary/aromatic N) is 3. The van der Waals surface area contributed by atoms with Crippen LogP contribution in [0.5, 0.6) is 0 Å². The molecule has 24 heavy (non-hydrogen) atoms. The van der Waals surface area contributed by atoms with Crippen LogP contribution >= 0.6 is 0 Å². The minimum atomic E-state index is -0.528. The van der Waals surface area contributed by atoms with Crippen molar-refractivity contribution in [2.75, 3.05) is 10.2 Å². The first-order valence-corrected chi connectivity index (χ1v) is 7.28. The van der Waals surface area contributed by atoms with Crippen molar-refractivity contribution in [1.29, 1.82) is 0 Å². The zero-order valence-corrected chi connectivity index (χ0v) is 12.5. The third kappa shape index (κ3) is 2.41. The van der Waals surface area contributed by atoms with Gasteiger partial charge in [-0.05, 0) is 35.9 Å². The van der Waals surface area contributed by atoms with Crippen LogP contribution in [-0.4, -0.2) is 21.9 Å². The van der Waals surface area contributed by atoms with Crippen molar-refractivity contribution in [3.63, 3.8) is 0 Å². The molecule has 0 saturated heterocycles. The molecule has 0 fully saturated rings. The van der Waals surface area contributed by atoms with E-state index in [4.69, 9.17) is 4.42 Å². The maximum Gasteiger partial charge on any atom is 0.333 e. The standard InChI is InChI=1S/C17H12N4O3/c22-16-7-12-6-11(15-2-1-5-24-15)3-4-14(12)21(16)17(23)20-13-8-18-10-19-9-13/h1-6,8-10H,7H2,(H,20,23). The van der Waals surface area contributed by atoms with E-state index in [1.54, 1.807) is 18.4 Å². The third-order valence-electron chi connectivity index (χ3n) is 3.73. The number of aromatic nitrogens is 2. The highest BCUT2D eigenvalue weighted by molar-refractivity contribution is 6.22. The van der Waals surface area contributed by atoms with Crippen LogP contribution in [0.4, 0.5) is 16.2 Å². The quantitative estimate of drug-likeness (QED) is 0.784. The summed E-state index contributed by atoms with van der Waals surface area (Å²) in [6.45, 7) is 0. The molecule has 4 rings (SSSR count). The molecule has 0 radical (unpaired) electrons. The van der Waals surface area contributed by atoms with Crippen molar-refractivity contribution in [3.05, 3.63) is 60.9 Å². The van der Waals surface area contributed by atoms with Gasteiger partial charge in [-0.15, -0.1) is 0 Å². The molecule has 1 aromatic carbocycles. The molecule has 3 aromatic rings. The van der Waals surface area contributed by atoms with Crippen LogP contribution in [-0.2, 0) is 11.2 Å². The fraction of sp³-hybridized carbons (Fsp3) is 0.0588. The lowest BCUT2D eigenvalue weighted by molar-refractivity contribution is -0.116. The lowest BCUT2D eigenvalue weighted by atomic mass is 10.1. The summed E-state index contributed by atoms with van der Waals surface area (Å²) in [5, 5.41) is 2.62. The minimum absolute atomic E-state index is 0.169. The van der Waals surface area contributed by atoms with Crippen LogP contribution < -0.4 is 10.2 Å². The molecule has 0 bridgehead atoms. The summed E-state index contributed by atoms with van der Waals surface area (Å²) < 4.78 is 5.37. The van der Waals surface area contributed by atoms with Gasteiger partial charge in [0.05, 0.1) is 36.5 Å². The first kappa shape index (κ1) is 14.1. The average Bonchev–Trinajstić information content (AvgIpc) is 3.21. The highest BCUT2D eigenvalue weighted by Gasteiger charge is 2.32. The molecule has 1 aliphatic rings. The number of anilines is 2. The first-order chi connectivity index (χ1) is 11.7. The van der Waals surface area contributed by atoms with Gasteiger partial charge in [0.25, 0.3) is 0 Å². The van der Waals surface area contributed by atoms with Gasteiger partial charge in [0.15, 0.2) is 0 Å². The van der Waals surface area contributed by atoms with Crippen LogP contribution in [0.1, 0.15) is 5.56 Å². The fourth-order valence-corrected chi connectivity index (χ4v) is 2.68. The predicted octanol–water partition coefficient (Wildman–Crippen LogP) is 2.86. The number of hydrogen-bond acceptors (Lipinski definition) is 5. The predicted molar refractivity (Wildman–Crippen MR) is 86.4 cm³/mol. The Bertz CT molecular complexity index is 907. The summed E-state index contributed by atoms with van der Waals surface area (Å²) in [5.41, 5.74) is 2.65. The van der Waals surface area contributed by atoms with Crippen molar-refractivity contribution in [1.82, 2.24) is 9.97 Å². The summed E-state index contributed by atoms with van der Waals surface area (Å²) in [7, 11) is 0. The van der Waals surface area contributed by atoms with E-state index in [0.717, 1.165) is 21.8 Å². The van der Waals surface area contributed by atoms with E-state index in [-0.39, 0.29) is 12.3 Å². The van der Waals surface area contributed by atoms with Crippen molar-refractivity contribution < 1.29 is 14.0 Å². The molecular formula is C17H12N4O3. The molecule has 0 spiro atoms. The largest absolute Gasteiger partial charge is 0.464 e. The average molecular weight is 320 g/mol. The van der Waals surface area contributed by atoms with E-state index in [0.29, 0.717) is 11.4 Å². The summed E-state index contributed by atoms with van der Waals surface area (Å²) in [5.74, 6) is 0.436. The fourth-order valence-electron chi connectivity index (χ4n) is 2.68. The topological polar surface area (TPSA) is 88.3 Å². The third-order valence-corrected chi connectivity index (χ3v) is 3.73. The number of hydrogen-bond donors (Lipinski definition) is 1. The molecule has 0 unspecified atom stereocenters. The van der Waals surface area contributed by atoms with Crippen molar-refractivity contribution in [2.24, 2.45) is 0 Å². The second-order valence-electron chi connectivity index (χ2n) is 5.28. The van der Waals surface area contributed by atoms with Gasteiger partial charge < -0.3 is 9.73 Å².